The zero-order chi connectivity index (χ0) is 22.1. The van der Waals surface area contributed by atoms with Crippen molar-refractivity contribution in [3.05, 3.63) is 39.9 Å². The molecule has 0 bridgehead atoms. The van der Waals surface area contributed by atoms with Crippen molar-refractivity contribution in [1.29, 1.82) is 0 Å². The molecule has 1 aliphatic heterocycles. The van der Waals surface area contributed by atoms with E-state index in [0.717, 1.165) is 53.1 Å². The Labute approximate surface area is 184 Å². The van der Waals surface area contributed by atoms with Crippen molar-refractivity contribution < 1.29 is 18.7 Å². The van der Waals surface area contributed by atoms with E-state index in [1.807, 2.05) is 20.8 Å². The van der Waals surface area contributed by atoms with Gasteiger partial charge < -0.3 is 19.4 Å². The molecule has 0 aromatic carbocycles. The number of piperidine rings is 1. The minimum Gasteiger partial charge on any atom is -0.462 e. The van der Waals surface area contributed by atoms with Crippen molar-refractivity contribution in [2.45, 2.75) is 46.6 Å². The van der Waals surface area contributed by atoms with Gasteiger partial charge in [-0.05, 0) is 52.2 Å². The fourth-order valence-electron chi connectivity index (χ4n) is 3.93. The highest BCUT2D eigenvalue weighted by Crippen LogP contribution is 2.36. The normalized spacial score (nSPS) is 14.8. The summed E-state index contributed by atoms with van der Waals surface area (Å²) in [4.78, 5) is 37.7. The zero-order valence-electron chi connectivity index (χ0n) is 18.2. The van der Waals surface area contributed by atoms with Gasteiger partial charge in [0.15, 0.2) is 5.76 Å². The van der Waals surface area contributed by atoms with Crippen LogP contribution in [0.25, 0.3) is 10.2 Å². The molecule has 1 fully saturated rings. The van der Waals surface area contributed by atoms with Gasteiger partial charge in [-0.1, -0.05) is 0 Å². The lowest BCUT2D eigenvalue weighted by Gasteiger charge is -2.33. The first-order valence-corrected chi connectivity index (χ1v) is 11.3. The van der Waals surface area contributed by atoms with E-state index >= 15 is 0 Å². The van der Waals surface area contributed by atoms with Crippen LogP contribution in [0.15, 0.2) is 16.7 Å². The predicted molar refractivity (Wildman–Crippen MR) is 119 cm³/mol. The molecule has 1 amide bonds. The van der Waals surface area contributed by atoms with E-state index in [1.54, 1.807) is 13.0 Å². The number of furan rings is 1. The van der Waals surface area contributed by atoms with Crippen LogP contribution < -0.4 is 10.2 Å². The molecular weight excluding hydrogens is 416 g/mol. The second-order valence-electron chi connectivity index (χ2n) is 7.72. The first-order valence-electron chi connectivity index (χ1n) is 10.4. The van der Waals surface area contributed by atoms with Crippen LogP contribution in [0, 0.1) is 20.8 Å². The number of amides is 1. The van der Waals surface area contributed by atoms with Crippen LogP contribution in [-0.2, 0) is 4.74 Å². The minimum absolute atomic E-state index is 0.0744. The molecule has 3 aromatic heterocycles. The molecule has 3 aromatic rings. The van der Waals surface area contributed by atoms with Crippen molar-refractivity contribution in [3.63, 3.8) is 0 Å². The Hall–Kier alpha value is -2.94. The third kappa shape index (κ3) is 4.14. The summed E-state index contributed by atoms with van der Waals surface area (Å²) in [5, 5.41) is 3.99. The van der Waals surface area contributed by atoms with Gasteiger partial charge in [0.25, 0.3) is 5.91 Å². The van der Waals surface area contributed by atoms with E-state index in [1.165, 1.54) is 17.6 Å². The second kappa shape index (κ2) is 8.66. The minimum atomic E-state index is -0.318. The van der Waals surface area contributed by atoms with Gasteiger partial charge in [-0.2, -0.15) is 0 Å². The van der Waals surface area contributed by atoms with Crippen molar-refractivity contribution in [3.8, 4) is 0 Å². The lowest BCUT2D eigenvalue weighted by atomic mass is 10.0. The molecule has 8 nitrogen and oxygen atoms in total. The van der Waals surface area contributed by atoms with Crippen LogP contribution in [-0.4, -0.2) is 47.6 Å². The topological polar surface area (TPSA) is 97.6 Å². The predicted octanol–water partition coefficient (Wildman–Crippen LogP) is 3.79. The van der Waals surface area contributed by atoms with Gasteiger partial charge in [0.1, 0.15) is 21.3 Å². The second-order valence-corrected chi connectivity index (χ2v) is 8.72. The molecule has 4 rings (SSSR count). The summed E-state index contributed by atoms with van der Waals surface area (Å²) in [6.07, 6.45) is 3.12. The third-order valence-electron chi connectivity index (χ3n) is 5.54. The quantitative estimate of drug-likeness (QED) is 0.601. The Morgan fingerprint density at radius 1 is 1.26 bits per heavy atom. The number of esters is 1. The van der Waals surface area contributed by atoms with Gasteiger partial charge in [0, 0.05) is 24.7 Å². The number of hydrogen-bond acceptors (Lipinski definition) is 8. The molecule has 164 valence electrons. The van der Waals surface area contributed by atoms with Gasteiger partial charge in [-0.15, -0.1) is 11.3 Å². The molecule has 1 N–H and O–H groups in total. The highest BCUT2D eigenvalue weighted by atomic mass is 32.1. The Kier molecular flexibility index (Phi) is 5.95. The summed E-state index contributed by atoms with van der Waals surface area (Å²) in [5.41, 5.74) is 1.69. The van der Waals surface area contributed by atoms with E-state index in [9.17, 15) is 9.59 Å². The van der Waals surface area contributed by atoms with Crippen LogP contribution in [0.3, 0.4) is 0 Å². The number of carbonyl (C=O) groups excluding carboxylic acids is 2. The fourth-order valence-corrected chi connectivity index (χ4v) is 5.05. The number of ether oxygens (including phenoxy) is 1. The van der Waals surface area contributed by atoms with E-state index in [4.69, 9.17) is 14.1 Å². The first kappa shape index (κ1) is 21.3. The highest BCUT2D eigenvalue weighted by molar-refractivity contribution is 7.20. The number of thiophene rings is 1. The molecule has 1 aliphatic rings. The summed E-state index contributed by atoms with van der Waals surface area (Å²) in [5.74, 6) is 1.40. The van der Waals surface area contributed by atoms with E-state index in [-0.39, 0.29) is 17.9 Å². The number of aromatic nitrogens is 2. The Morgan fingerprint density at radius 2 is 2.00 bits per heavy atom. The lowest BCUT2D eigenvalue weighted by molar-refractivity contribution is 0.0531. The number of anilines is 1. The third-order valence-corrected chi connectivity index (χ3v) is 6.71. The van der Waals surface area contributed by atoms with Crippen LogP contribution in [0.2, 0.25) is 0 Å². The van der Waals surface area contributed by atoms with Gasteiger partial charge >= 0.3 is 5.97 Å². The fraction of sp³-hybridized carbons (Fsp3) is 0.455. The first-order chi connectivity index (χ1) is 14.9. The van der Waals surface area contributed by atoms with Gasteiger partial charge in [0.2, 0.25) is 0 Å². The average Bonchev–Trinajstić information content (AvgIpc) is 3.31. The monoisotopic (exact) mass is 442 g/mol. The molecular formula is C22H26N4O4S. The van der Waals surface area contributed by atoms with E-state index in [2.05, 4.69) is 15.2 Å². The molecule has 0 atom stereocenters. The number of rotatable bonds is 5. The van der Waals surface area contributed by atoms with Gasteiger partial charge in [-0.25, -0.2) is 14.8 Å². The Balaban J connectivity index is 1.53. The largest absolute Gasteiger partial charge is 0.462 e. The maximum absolute atomic E-state index is 12.4. The molecule has 0 unspecified atom stereocenters. The summed E-state index contributed by atoms with van der Waals surface area (Å²) < 4.78 is 10.5. The van der Waals surface area contributed by atoms with Gasteiger partial charge in [-0.3, -0.25) is 4.79 Å². The van der Waals surface area contributed by atoms with Crippen molar-refractivity contribution in [1.82, 2.24) is 15.3 Å². The summed E-state index contributed by atoms with van der Waals surface area (Å²) in [7, 11) is 0. The molecule has 0 saturated carbocycles. The summed E-state index contributed by atoms with van der Waals surface area (Å²) >= 11 is 1.35. The van der Waals surface area contributed by atoms with Crippen LogP contribution in [0.5, 0.6) is 0 Å². The lowest BCUT2D eigenvalue weighted by Crippen LogP contribution is -2.45. The van der Waals surface area contributed by atoms with Crippen LogP contribution in [0.1, 0.15) is 56.9 Å². The zero-order valence-corrected chi connectivity index (χ0v) is 19.0. The Bertz CT molecular complexity index is 1130. The Morgan fingerprint density at radius 3 is 2.65 bits per heavy atom. The van der Waals surface area contributed by atoms with Gasteiger partial charge in [0.05, 0.1) is 18.3 Å². The number of carbonyl (C=O) groups is 2. The number of fused-ring (bicyclic) bond motifs is 1. The molecule has 31 heavy (non-hydrogen) atoms. The number of nitrogens with zero attached hydrogens (tertiary/aromatic N) is 3. The van der Waals surface area contributed by atoms with E-state index in [0.29, 0.717) is 23.1 Å². The number of hydrogen-bond donors (Lipinski definition) is 1. The maximum Gasteiger partial charge on any atom is 0.348 e. The molecule has 4 heterocycles. The van der Waals surface area contributed by atoms with Crippen molar-refractivity contribution in [2.75, 3.05) is 24.6 Å². The summed E-state index contributed by atoms with van der Waals surface area (Å²) in [6.45, 7) is 9.27. The van der Waals surface area contributed by atoms with Crippen LogP contribution in [0.4, 0.5) is 5.82 Å². The number of aryl methyl sites for hydroxylation is 3. The summed E-state index contributed by atoms with van der Waals surface area (Å²) in [6, 6.07) is 1.86. The maximum atomic E-state index is 12.4. The molecule has 1 saturated heterocycles. The van der Waals surface area contributed by atoms with Crippen molar-refractivity contribution >= 4 is 39.2 Å². The smallest absolute Gasteiger partial charge is 0.348 e. The van der Waals surface area contributed by atoms with Crippen LogP contribution >= 0.6 is 11.3 Å². The molecule has 0 radical (unpaired) electrons. The molecule has 9 heteroatoms. The average molecular weight is 443 g/mol. The van der Waals surface area contributed by atoms with Crippen molar-refractivity contribution in [2.24, 2.45) is 0 Å². The SMILES string of the molecule is CCOC(=O)c1sc2nc(C)nc(N3CCC(NC(=O)c4occc4C)CC3)c2c1C. The standard InChI is InChI=1S/C22H26N4O4S/c1-5-29-22(28)18-13(3)16-19(23-14(4)24-21(16)31-18)26-9-6-15(7-10-26)25-20(27)17-12(2)8-11-30-17/h8,11,15H,5-7,9-10H2,1-4H3,(H,25,27). The van der Waals surface area contributed by atoms with E-state index < -0.39 is 0 Å². The molecule has 0 spiro atoms. The highest BCUT2D eigenvalue weighted by Gasteiger charge is 2.27. The number of nitrogens with one attached hydrogen (secondary N) is 1. The molecule has 0 aliphatic carbocycles.